The standard InChI is InChI=1S/C60H32N6S2/c61-33-35-22-26-50(65-48-18-8-4-16-42(48)56-52(65)28-24-40-38-14-6-10-20-54(38)67-58(40)56)44(30-35)46-32-47(64-60(63-46)37-12-2-1-3-13-37)45-31-36(34-62)23-27-51(45)66-49-19-9-5-17-43(49)57-53(66)29-25-41-39-15-7-11-21-55(39)68-59(41)57/h1-32H. The van der Waals surface area contributed by atoms with E-state index < -0.39 is 0 Å². The summed E-state index contributed by atoms with van der Waals surface area (Å²) in [4.78, 5) is 10.7. The lowest BCUT2D eigenvalue weighted by molar-refractivity contribution is 1.14. The molecule has 0 spiro atoms. The molecule has 0 aliphatic carbocycles. The fourth-order valence-electron chi connectivity index (χ4n) is 10.4. The number of thiophene rings is 2. The molecular weight excluding hydrogens is 869 g/mol. The van der Waals surface area contributed by atoms with Crippen LogP contribution in [-0.2, 0) is 0 Å². The van der Waals surface area contributed by atoms with Crippen molar-refractivity contribution in [1.82, 2.24) is 19.1 Å². The summed E-state index contributed by atoms with van der Waals surface area (Å²) in [5.74, 6) is 0.531. The molecule has 0 saturated heterocycles. The first kappa shape index (κ1) is 38.4. The lowest BCUT2D eigenvalue weighted by Crippen LogP contribution is -2.03. The van der Waals surface area contributed by atoms with Gasteiger partial charge in [-0.1, -0.05) is 115 Å². The van der Waals surface area contributed by atoms with Crippen LogP contribution in [0.25, 0.3) is 129 Å². The van der Waals surface area contributed by atoms with E-state index in [9.17, 15) is 10.5 Å². The quantitative estimate of drug-likeness (QED) is 0.172. The van der Waals surface area contributed by atoms with Crippen LogP contribution in [-0.4, -0.2) is 19.1 Å². The summed E-state index contributed by atoms with van der Waals surface area (Å²) in [6, 6.07) is 72.0. The average molecular weight is 901 g/mol. The van der Waals surface area contributed by atoms with Gasteiger partial charge in [-0.15, -0.1) is 22.7 Å². The Labute approximate surface area is 396 Å². The molecule has 5 heterocycles. The number of hydrogen-bond acceptors (Lipinski definition) is 6. The minimum Gasteiger partial charge on any atom is -0.309 e. The summed E-state index contributed by atoms with van der Waals surface area (Å²) in [6.45, 7) is 0. The molecule has 0 amide bonds. The molecule has 5 aromatic heterocycles. The highest BCUT2D eigenvalue weighted by Gasteiger charge is 2.24. The van der Waals surface area contributed by atoms with Crippen LogP contribution in [0.15, 0.2) is 194 Å². The fraction of sp³-hybridized carbons (Fsp3) is 0. The van der Waals surface area contributed by atoms with Crippen molar-refractivity contribution in [3.05, 3.63) is 205 Å². The van der Waals surface area contributed by atoms with Gasteiger partial charge in [0.25, 0.3) is 0 Å². The van der Waals surface area contributed by atoms with Gasteiger partial charge in [0.2, 0.25) is 0 Å². The molecule has 0 saturated carbocycles. The topological polar surface area (TPSA) is 83.2 Å². The smallest absolute Gasteiger partial charge is 0.160 e. The monoisotopic (exact) mass is 900 g/mol. The fourth-order valence-corrected chi connectivity index (χ4v) is 13.0. The molecule has 0 unspecified atom stereocenters. The Hall–Kier alpha value is -8.92. The van der Waals surface area contributed by atoms with Crippen molar-refractivity contribution in [3.63, 3.8) is 0 Å². The average Bonchev–Trinajstić information content (AvgIpc) is 4.16. The Morgan fingerprint density at radius 2 is 0.824 bits per heavy atom. The van der Waals surface area contributed by atoms with Crippen molar-refractivity contribution >= 4 is 107 Å². The van der Waals surface area contributed by atoms with Gasteiger partial charge < -0.3 is 9.13 Å². The Morgan fingerprint density at radius 3 is 1.31 bits per heavy atom. The maximum Gasteiger partial charge on any atom is 0.160 e. The van der Waals surface area contributed by atoms with E-state index in [1.165, 1.54) is 51.1 Å². The van der Waals surface area contributed by atoms with E-state index in [1.54, 1.807) is 0 Å². The predicted octanol–water partition coefficient (Wildman–Crippen LogP) is 16.2. The first-order chi connectivity index (χ1) is 33.6. The number of fused-ring (bicyclic) bond motifs is 14. The number of rotatable bonds is 5. The van der Waals surface area contributed by atoms with Gasteiger partial charge in [-0.05, 0) is 78.9 Å². The normalized spacial score (nSPS) is 11.8. The second kappa shape index (κ2) is 14.8. The lowest BCUT2D eigenvalue weighted by Gasteiger charge is -2.18. The van der Waals surface area contributed by atoms with Crippen molar-refractivity contribution in [2.24, 2.45) is 0 Å². The molecule has 0 N–H and O–H groups in total. The molecule has 0 bridgehead atoms. The Bertz CT molecular complexity index is 4270. The van der Waals surface area contributed by atoms with Gasteiger partial charge in [0.05, 0.1) is 68.1 Å². The van der Waals surface area contributed by atoms with Crippen molar-refractivity contribution in [3.8, 4) is 57.4 Å². The zero-order valence-corrected chi connectivity index (χ0v) is 37.6. The second-order valence-corrected chi connectivity index (χ2v) is 19.2. The number of aromatic nitrogens is 4. The van der Waals surface area contributed by atoms with Gasteiger partial charge in [-0.25, -0.2) is 9.97 Å². The first-order valence-electron chi connectivity index (χ1n) is 22.3. The molecule has 314 valence electrons. The van der Waals surface area contributed by atoms with Gasteiger partial charge in [0.1, 0.15) is 0 Å². The lowest BCUT2D eigenvalue weighted by atomic mass is 10.0. The minimum atomic E-state index is 0.517. The molecule has 0 aliphatic rings. The highest BCUT2D eigenvalue weighted by molar-refractivity contribution is 7.27. The first-order valence-corrected chi connectivity index (χ1v) is 24.0. The van der Waals surface area contributed by atoms with Crippen molar-refractivity contribution in [2.75, 3.05) is 0 Å². The van der Waals surface area contributed by atoms with Gasteiger partial charge in [0.15, 0.2) is 5.82 Å². The van der Waals surface area contributed by atoms with E-state index in [-0.39, 0.29) is 0 Å². The van der Waals surface area contributed by atoms with E-state index in [4.69, 9.17) is 9.97 Å². The third-order valence-electron chi connectivity index (χ3n) is 13.4. The maximum atomic E-state index is 10.5. The molecule has 9 aromatic carbocycles. The SMILES string of the molecule is N#Cc1ccc(-n2c3ccccc3c3c4sc5ccccc5c4ccc32)c(-c2cc(-c3cc(C#N)ccc3-n3c4ccccc4c4c5sc6ccccc6c5ccc43)nc(-c3ccccc3)n2)c1. The van der Waals surface area contributed by atoms with Crippen LogP contribution >= 0.6 is 22.7 Å². The molecule has 68 heavy (non-hydrogen) atoms. The van der Waals surface area contributed by atoms with Crippen LogP contribution in [0, 0.1) is 22.7 Å². The number of para-hydroxylation sites is 2. The third-order valence-corrected chi connectivity index (χ3v) is 15.8. The number of hydrogen-bond donors (Lipinski definition) is 0. The van der Waals surface area contributed by atoms with Crippen molar-refractivity contribution in [1.29, 1.82) is 10.5 Å². The molecule has 0 atom stereocenters. The highest BCUT2D eigenvalue weighted by Crippen LogP contribution is 2.47. The maximum absolute atomic E-state index is 10.5. The van der Waals surface area contributed by atoms with E-state index in [0.29, 0.717) is 28.3 Å². The van der Waals surface area contributed by atoms with E-state index in [1.807, 2.05) is 95.5 Å². The van der Waals surface area contributed by atoms with Gasteiger partial charge in [-0.2, -0.15) is 10.5 Å². The molecule has 0 radical (unpaired) electrons. The van der Waals surface area contributed by atoms with Gasteiger partial charge in [-0.3, -0.25) is 0 Å². The third kappa shape index (κ3) is 5.60. The summed E-state index contributed by atoms with van der Waals surface area (Å²) in [6.07, 6.45) is 0. The van der Waals surface area contributed by atoms with Crippen molar-refractivity contribution < 1.29 is 0 Å². The Balaban J connectivity index is 1.06. The zero-order valence-electron chi connectivity index (χ0n) is 36.0. The van der Waals surface area contributed by atoms with E-state index >= 15 is 0 Å². The molecule has 14 aromatic rings. The zero-order chi connectivity index (χ0) is 45.0. The van der Waals surface area contributed by atoms with Crippen LogP contribution in [0.3, 0.4) is 0 Å². The number of nitriles is 2. The van der Waals surface area contributed by atoms with Crippen molar-refractivity contribution in [2.45, 2.75) is 0 Å². The van der Waals surface area contributed by atoms with Crippen LogP contribution in [0.2, 0.25) is 0 Å². The summed E-state index contributed by atoms with van der Waals surface area (Å²) in [5, 5.41) is 30.6. The molecule has 14 rings (SSSR count). The molecule has 6 nitrogen and oxygen atoms in total. The van der Waals surface area contributed by atoms with Crippen LogP contribution < -0.4 is 0 Å². The minimum absolute atomic E-state index is 0.517. The number of nitrogens with zero attached hydrogens (tertiary/aromatic N) is 6. The summed E-state index contributed by atoms with van der Waals surface area (Å²) < 4.78 is 9.64. The van der Waals surface area contributed by atoms with E-state index in [2.05, 4.69) is 143 Å². The summed E-state index contributed by atoms with van der Waals surface area (Å²) in [7, 11) is 0. The van der Waals surface area contributed by atoms with Gasteiger partial charge >= 0.3 is 0 Å². The summed E-state index contributed by atoms with van der Waals surface area (Å²) in [5.41, 5.74) is 10.8. The Morgan fingerprint density at radius 1 is 0.382 bits per heavy atom. The molecule has 0 aliphatic heterocycles. The summed E-state index contributed by atoms with van der Waals surface area (Å²) >= 11 is 3.65. The van der Waals surface area contributed by atoms with E-state index in [0.717, 1.165) is 60.9 Å². The van der Waals surface area contributed by atoms with Crippen LogP contribution in [0.1, 0.15) is 11.1 Å². The van der Waals surface area contributed by atoms with Crippen LogP contribution in [0.5, 0.6) is 0 Å². The predicted molar refractivity (Wildman–Crippen MR) is 282 cm³/mol. The largest absolute Gasteiger partial charge is 0.309 e. The van der Waals surface area contributed by atoms with Crippen LogP contribution in [0.4, 0.5) is 0 Å². The number of benzene rings is 9. The highest BCUT2D eigenvalue weighted by atomic mass is 32.1. The van der Waals surface area contributed by atoms with Gasteiger partial charge in [0, 0.05) is 78.6 Å². The molecular formula is C60H32N6S2. The second-order valence-electron chi connectivity index (χ2n) is 17.1. The Kier molecular flexibility index (Phi) is 8.35. The molecule has 8 heteroatoms. The molecule has 0 fully saturated rings.